The van der Waals surface area contributed by atoms with Crippen LogP contribution >= 0.6 is 0 Å². The molecule has 218 valence electrons. The Morgan fingerprint density at radius 1 is 0.929 bits per heavy atom. The van der Waals surface area contributed by atoms with Gasteiger partial charge in [-0.05, 0) is 30.4 Å². The molecule has 5 heterocycles. The summed E-state index contributed by atoms with van der Waals surface area (Å²) in [7, 11) is 0.722. The third-order valence-corrected chi connectivity index (χ3v) is 10.3. The monoisotopic (exact) mass is 584 g/mol. The predicted molar refractivity (Wildman–Crippen MR) is 163 cm³/mol. The molecule has 9 nitrogen and oxygen atoms in total. The third-order valence-electron chi connectivity index (χ3n) is 8.84. The molecular weight excluding hydrogens is 548 g/mol. The summed E-state index contributed by atoms with van der Waals surface area (Å²) in [6.45, 7) is 2.20. The molecule has 4 aliphatic heterocycles. The van der Waals surface area contributed by atoms with Crippen molar-refractivity contribution in [3.05, 3.63) is 77.5 Å². The van der Waals surface area contributed by atoms with Crippen molar-refractivity contribution in [1.82, 2.24) is 14.9 Å². The van der Waals surface area contributed by atoms with Crippen LogP contribution < -0.4 is 10.2 Å². The Hall–Kier alpha value is -3.79. The smallest absolute Gasteiger partial charge is 0.227 e. The van der Waals surface area contributed by atoms with Gasteiger partial charge in [-0.15, -0.1) is 0 Å². The minimum Gasteiger partial charge on any atom is -0.470 e. The first-order chi connectivity index (χ1) is 20.5. The van der Waals surface area contributed by atoms with Gasteiger partial charge >= 0.3 is 0 Å². The van der Waals surface area contributed by atoms with Crippen molar-refractivity contribution in [3.63, 3.8) is 0 Å². The van der Waals surface area contributed by atoms with E-state index in [9.17, 15) is 9.00 Å². The number of nitrogens with zero attached hydrogens (tertiary/aromatic N) is 5. The standard InChI is InChI=1S/C32H36N6O3S/c1-37-20-24(12-13-26(37)39)33-30-29-25(16-19-42(29)40)34-32(36-30)38-17-14-23(15-18-38)31-35-27(21-8-4-2-5-9-21)28(41-31)22-10-6-3-7-11-22/h2-11,23-24,27-28H,12-20H2,1H3,(H,33,34,36)/t24-,27?,28?,42?/m0/s1. The van der Waals surface area contributed by atoms with Crippen molar-refractivity contribution in [3.8, 4) is 0 Å². The maximum absolute atomic E-state index is 12.9. The fourth-order valence-electron chi connectivity index (χ4n) is 6.50. The number of aryl methyl sites for hydroxylation is 1. The molecule has 10 heteroatoms. The van der Waals surface area contributed by atoms with Gasteiger partial charge in [0.25, 0.3) is 0 Å². The highest BCUT2D eigenvalue weighted by atomic mass is 32.2. The normalized spacial score (nSPS) is 26.1. The summed E-state index contributed by atoms with van der Waals surface area (Å²) in [5.74, 6) is 3.18. The second-order valence-corrected chi connectivity index (χ2v) is 13.1. The number of aromatic nitrogens is 2. The van der Waals surface area contributed by atoms with Crippen LogP contribution in [0.1, 0.15) is 54.6 Å². The lowest BCUT2D eigenvalue weighted by molar-refractivity contribution is -0.132. The molecule has 3 aromatic rings. The van der Waals surface area contributed by atoms with Gasteiger partial charge in [-0.1, -0.05) is 60.7 Å². The van der Waals surface area contributed by atoms with E-state index in [1.165, 1.54) is 0 Å². The van der Waals surface area contributed by atoms with Gasteiger partial charge < -0.3 is 19.9 Å². The van der Waals surface area contributed by atoms with Crippen LogP contribution in [0.2, 0.25) is 0 Å². The van der Waals surface area contributed by atoms with Gasteiger partial charge in [0.1, 0.15) is 16.8 Å². The number of carbonyl (C=O) groups excluding carboxylic acids is 1. The van der Waals surface area contributed by atoms with Gasteiger partial charge in [0.2, 0.25) is 11.9 Å². The van der Waals surface area contributed by atoms with Gasteiger partial charge in [-0.25, -0.2) is 9.98 Å². The zero-order valence-electron chi connectivity index (χ0n) is 23.8. The highest BCUT2D eigenvalue weighted by molar-refractivity contribution is 7.85. The van der Waals surface area contributed by atoms with Crippen LogP contribution in [0.4, 0.5) is 11.8 Å². The number of piperidine rings is 2. The number of hydrogen-bond donors (Lipinski definition) is 1. The van der Waals surface area contributed by atoms with Crippen LogP contribution in [0.15, 0.2) is 70.6 Å². The number of aliphatic imine (C=N–C) groups is 1. The Morgan fingerprint density at radius 2 is 1.64 bits per heavy atom. The Bertz CT molecular complexity index is 1510. The van der Waals surface area contributed by atoms with Crippen molar-refractivity contribution in [2.24, 2.45) is 10.9 Å². The number of benzene rings is 2. The summed E-state index contributed by atoms with van der Waals surface area (Å²) in [6.07, 6.45) is 3.60. The second kappa shape index (κ2) is 11.5. The molecule has 1 aromatic heterocycles. The zero-order valence-corrected chi connectivity index (χ0v) is 24.6. The number of amides is 1. The maximum atomic E-state index is 12.9. The van der Waals surface area contributed by atoms with Crippen molar-refractivity contribution in [1.29, 1.82) is 0 Å². The highest BCUT2D eigenvalue weighted by Crippen LogP contribution is 2.42. The number of fused-ring (bicyclic) bond motifs is 1. The molecule has 4 atom stereocenters. The van der Waals surface area contributed by atoms with Crippen LogP contribution in [0.25, 0.3) is 0 Å². The van der Waals surface area contributed by atoms with E-state index in [1.807, 2.05) is 19.2 Å². The number of carbonyl (C=O) groups is 1. The van der Waals surface area contributed by atoms with Gasteiger partial charge in [0.15, 0.2) is 12.0 Å². The summed E-state index contributed by atoms with van der Waals surface area (Å²) in [5, 5.41) is 3.53. The predicted octanol–water partition coefficient (Wildman–Crippen LogP) is 4.30. The van der Waals surface area contributed by atoms with Gasteiger partial charge in [0.05, 0.1) is 16.5 Å². The van der Waals surface area contributed by atoms with Crippen LogP contribution in [0.5, 0.6) is 0 Å². The summed E-state index contributed by atoms with van der Waals surface area (Å²) in [6, 6.07) is 20.8. The fraction of sp³-hybridized carbons (Fsp3) is 0.438. The number of likely N-dealkylation sites (tertiary alicyclic amines) is 1. The topological polar surface area (TPSA) is 100 Å². The average molecular weight is 585 g/mol. The molecule has 0 aliphatic carbocycles. The lowest BCUT2D eigenvalue weighted by Crippen LogP contribution is -2.43. The average Bonchev–Trinajstić information content (AvgIpc) is 3.64. The van der Waals surface area contributed by atoms with E-state index in [0.717, 1.165) is 60.0 Å². The van der Waals surface area contributed by atoms with E-state index < -0.39 is 10.8 Å². The number of nitrogens with one attached hydrogen (secondary N) is 1. The highest BCUT2D eigenvalue weighted by Gasteiger charge is 2.38. The lowest BCUT2D eigenvalue weighted by atomic mass is 9.96. The molecule has 4 aliphatic rings. The van der Waals surface area contributed by atoms with Crippen molar-refractivity contribution >= 4 is 34.4 Å². The number of likely N-dealkylation sites (N-methyl/N-ethyl adjacent to an activating group) is 1. The molecule has 3 unspecified atom stereocenters. The summed E-state index contributed by atoms with van der Waals surface area (Å²) in [5.41, 5.74) is 3.18. The van der Waals surface area contributed by atoms with E-state index in [1.54, 1.807) is 4.90 Å². The van der Waals surface area contributed by atoms with E-state index in [0.29, 0.717) is 36.9 Å². The van der Waals surface area contributed by atoms with E-state index in [2.05, 4.69) is 58.7 Å². The van der Waals surface area contributed by atoms with Gasteiger partial charge in [-0.3, -0.25) is 9.00 Å². The third kappa shape index (κ3) is 5.28. The first kappa shape index (κ1) is 27.1. The van der Waals surface area contributed by atoms with Gasteiger partial charge in [-0.2, -0.15) is 4.98 Å². The Kier molecular flexibility index (Phi) is 7.39. The summed E-state index contributed by atoms with van der Waals surface area (Å²) in [4.78, 5) is 31.7. The fourth-order valence-corrected chi connectivity index (χ4v) is 7.81. The summed E-state index contributed by atoms with van der Waals surface area (Å²) >= 11 is 0. The van der Waals surface area contributed by atoms with Crippen molar-refractivity contribution in [2.45, 2.75) is 55.2 Å². The van der Waals surface area contributed by atoms with E-state index in [-0.39, 0.29) is 30.0 Å². The van der Waals surface area contributed by atoms with E-state index >= 15 is 0 Å². The Morgan fingerprint density at radius 3 is 2.36 bits per heavy atom. The van der Waals surface area contributed by atoms with Crippen LogP contribution in [-0.4, -0.2) is 69.4 Å². The SMILES string of the molecule is CN1C[C@@H](Nc2nc(N3CCC(C4=NC(c5ccccc5)C(c5ccccc5)O4)CC3)nc3c2S(=O)CC3)CCC1=O. The molecule has 2 aromatic carbocycles. The molecule has 1 N–H and O–H groups in total. The molecule has 0 saturated carbocycles. The van der Waals surface area contributed by atoms with Crippen LogP contribution in [0, 0.1) is 5.92 Å². The van der Waals surface area contributed by atoms with Crippen LogP contribution in [0.3, 0.4) is 0 Å². The Labute approximate surface area is 248 Å². The first-order valence-electron chi connectivity index (χ1n) is 14.9. The largest absolute Gasteiger partial charge is 0.470 e. The molecule has 0 bridgehead atoms. The second-order valence-electron chi connectivity index (χ2n) is 11.6. The minimum absolute atomic E-state index is 0.0645. The molecular formula is C32H36N6O3S. The van der Waals surface area contributed by atoms with Crippen molar-refractivity contribution < 1.29 is 13.7 Å². The molecule has 1 amide bonds. The minimum atomic E-state index is -1.11. The number of rotatable bonds is 6. The number of ether oxygens (including phenoxy) is 1. The lowest BCUT2D eigenvalue weighted by Gasteiger charge is -2.33. The van der Waals surface area contributed by atoms with E-state index in [4.69, 9.17) is 19.7 Å². The van der Waals surface area contributed by atoms with Crippen molar-refractivity contribution in [2.75, 3.05) is 42.7 Å². The van der Waals surface area contributed by atoms with Crippen LogP contribution in [-0.2, 0) is 26.8 Å². The first-order valence-corrected chi connectivity index (χ1v) is 16.2. The molecule has 2 saturated heterocycles. The quantitative estimate of drug-likeness (QED) is 0.461. The summed E-state index contributed by atoms with van der Waals surface area (Å²) < 4.78 is 19.5. The Balaban J connectivity index is 1.08. The number of hydrogen-bond acceptors (Lipinski definition) is 8. The maximum Gasteiger partial charge on any atom is 0.227 e. The molecule has 2 fully saturated rings. The molecule has 7 rings (SSSR count). The zero-order chi connectivity index (χ0) is 28.6. The number of anilines is 2. The molecule has 0 spiro atoms. The molecule has 42 heavy (non-hydrogen) atoms. The molecule has 0 radical (unpaired) electrons. The van der Waals surface area contributed by atoms with Gasteiger partial charge in [0, 0.05) is 57.2 Å².